The van der Waals surface area contributed by atoms with E-state index in [-0.39, 0.29) is 12.7 Å². The molecule has 5 rings (SSSR count). The predicted molar refractivity (Wildman–Crippen MR) is 114 cm³/mol. The number of hydrogen-bond donors (Lipinski definition) is 0. The van der Waals surface area contributed by atoms with Crippen molar-refractivity contribution in [1.82, 2.24) is 4.90 Å². The molecule has 0 bridgehead atoms. The molecule has 1 saturated carbocycles. The number of halogens is 1. The number of nitrogens with zero attached hydrogens (tertiary/aromatic N) is 1. The van der Waals surface area contributed by atoms with Crippen LogP contribution < -0.4 is 4.74 Å². The maximum Gasteiger partial charge on any atom is 0.411 e. The molecule has 2 heterocycles. The minimum absolute atomic E-state index is 0.261. The van der Waals surface area contributed by atoms with Crippen LogP contribution in [0.3, 0.4) is 0 Å². The van der Waals surface area contributed by atoms with E-state index >= 15 is 0 Å². The molecular weight excluding hydrogens is 430 g/mol. The number of fused-ring (bicyclic) bond motifs is 2. The van der Waals surface area contributed by atoms with Crippen molar-refractivity contribution in [3.63, 3.8) is 0 Å². The summed E-state index contributed by atoms with van der Waals surface area (Å²) in [5.41, 5.74) is 1.54. The molecule has 0 radical (unpaired) electrons. The van der Waals surface area contributed by atoms with Crippen LogP contribution in [0.4, 0.5) is 4.79 Å². The maximum atomic E-state index is 13.2. The van der Waals surface area contributed by atoms with E-state index in [1.54, 1.807) is 6.26 Å². The number of carbonyl (C=O) groups excluding carboxylic acids is 1. The molecule has 29 heavy (non-hydrogen) atoms. The molecule has 2 fully saturated rings. The number of benzene rings is 2. The Hall–Kier alpha value is -2.27. The summed E-state index contributed by atoms with van der Waals surface area (Å²) >= 11 is 3.53. The number of carbonyl (C=O) groups is 1. The third-order valence-corrected chi connectivity index (χ3v) is 6.93. The van der Waals surface area contributed by atoms with E-state index in [9.17, 15) is 4.79 Å². The largest absolute Gasteiger partial charge is 0.465 e. The highest BCUT2D eigenvalue weighted by Gasteiger charge is 2.50. The molecule has 5 heteroatoms. The molecule has 0 N–H and O–H groups in total. The Balaban J connectivity index is 1.46. The first-order valence-electron chi connectivity index (χ1n) is 10.3. The van der Waals surface area contributed by atoms with Crippen molar-refractivity contribution in [2.24, 2.45) is 11.8 Å². The highest BCUT2D eigenvalue weighted by molar-refractivity contribution is 9.10. The summed E-state index contributed by atoms with van der Waals surface area (Å²) in [6, 6.07) is 15.9. The molecule has 2 aliphatic heterocycles. The van der Waals surface area contributed by atoms with E-state index in [2.05, 4.69) is 28.1 Å². The minimum atomic E-state index is -0.506. The van der Waals surface area contributed by atoms with Crippen molar-refractivity contribution in [2.75, 3.05) is 6.54 Å². The summed E-state index contributed by atoms with van der Waals surface area (Å²) in [6.45, 7) is 0.986. The average molecular weight is 454 g/mol. The molecule has 1 saturated heterocycles. The van der Waals surface area contributed by atoms with Gasteiger partial charge in [0.25, 0.3) is 0 Å². The number of piperidine rings is 1. The van der Waals surface area contributed by atoms with Crippen molar-refractivity contribution in [3.05, 3.63) is 76.5 Å². The molecule has 1 amide bonds. The molecule has 2 aromatic carbocycles. The van der Waals surface area contributed by atoms with Gasteiger partial charge in [-0.1, -0.05) is 52.3 Å². The Labute approximate surface area is 179 Å². The molecule has 4 nitrogen and oxygen atoms in total. The zero-order valence-electron chi connectivity index (χ0n) is 16.2. The second-order valence-corrected chi connectivity index (χ2v) is 9.18. The molecule has 1 unspecified atom stereocenters. The Kier molecular flexibility index (Phi) is 4.86. The third-order valence-electron chi connectivity index (χ3n) is 6.44. The van der Waals surface area contributed by atoms with E-state index in [1.807, 2.05) is 47.4 Å². The molecule has 0 aromatic heterocycles. The highest BCUT2D eigenvalue weighted by Crippen LogP contribution is 2.53. The van der Waals surface area contributed by atoms with Gasteiger partial charge in [0.05, 0.1) is 11.8 Å². The van der Waals surface area contributed by atoms with Crippen LogP contribution in [-0.4, -0.2) is 17.5 Å². The second kappa shape index (κ2) is 7.52. The van der Waals surface area contributed by atoms with E-state index in [1.165, 1.54) is 12.8 Å². The van der Waals surface area contributed by atoms with Crippen molar-refractivity contribution < 1.29 is 14.3 Å². The summed E-state index contributed by atoms with van der Waals surface area (Å²) in [5, 5.41) is 0. The Morgan fingerprint density at radius 3 is 2.76 bits per heavy atom. The first-order valence-corrected chi connectivity index (χ1v) is 11.1. The minimum Gasteiger partial charge on any atom is -0.465 e. The van der Waals surface area contributed by atoms with Crippen molar-refractivity contribution in [1.29, 1.82) is 0 Å². The van der Waals surface area contributed by atoms with Crippen molar-refractivity contribution >= 4 is 22.0 Å². The Bertz CT molecular complexity index is 940. The fourth-order valence-electron chi connectivity index (χ4n) is 4.80. The van der Waals surface area contributed by atoms with Crippen LogP contribution in [0.5, 0.6) is 5.75 Å². The monoisotopic (exact) mass is 453 g/mol. The third kappa shape index (κ3) is 3.57. The van der Waals surface area contributed by atoms with Crippen LogP contribution in [0, 0.1) is 11.8 Å². The van der Waals surface area contributed by atoms with Gasteiger partial charge in [0.1, 0.15) is 12.4 Å². The van der Waals surface area contributed by atoms with Crippen LogP contribution in [-0.2, 0) is 16.9 Å². The van der Waals surface area contributed by atoms with E-state index in [4.69, 9.17) is 9.47 Å². The van der Waals surface area contributed by atoms with Gasteiger partial charge in [-0.2, -0.15) is 0 Å². The first kappa shape index (κ1) is 18.7. The number of hydrogen-bond acceptors (Lipinski definition) is 3. The van der Waals surface area contributed by atoms with E-state index < -0.39 is 5.54 Å². The fourth-order valence-corrected chi connectivity index (χ4v) is 5.14. The smallest absolute Gasteiger partial charge is 0.411 e. The number of ether oxygens (including phenoxy) is 2. The molecule has 2 atom stereocenters. The van der Waals surface area contributed by atoms with Crippen LogP contribution in [0.2, 0.25) is 0 Å². The summed E-state index contributed by atoms with van der Waals surface area (Å²) in [6.07, 6.45) is 8.12. The van der Waals surface area contributed by atoms with Gasteiger partial charge in [-0.25, -0.2) is 4.79 Å². The van der Waals surface area contributed by atoms with Gasteiger partial charge in [0, 0.05) is 16.6 Å². The van der Waals surface area contributed by atoms with Crippen molar-refractivity contribution in [2.45, 2.75) is 37.8 Å². The standard InChI is InChI=1S/C24H24BrNO3/c25-20-8-9-21-22(14-20)28-13-11-24(21)15-19(18-6-7-18)10-12-26(24)23(27)29-16-17-4-2-1-3-5-17/h1-5,8-9,11,13-14,18-19H,6-7,10,12,15-16H2/t19?,24-/m0/s1. The van der Waals surface area contributed by atoms with E-state index in [0.29, 0.717) is 12.5 Å². The normalized spacial score (nSPS) is 25.4. The summed E-state index contributed by atoms with van der Waals surface area (Å²) in [5.74, 6) is 2.23. The molecule has 1 aliphatic carbocycles. The summed E-state index contributed by atoms with van der Waals surface area (Å²) in [4.78, 5) is 15.2. The topological polar surface area (TPSA) is 38.8 Å². The average Bonchev–Trinajstić information content (AvgIpc) is 3.58. The zero-order chi connectivity index (χ0) is 19.8. The van der Waals surface area contributed by atoms with Crippen LogP contribution in [0.1, 0.15) is 36.8 Å². The highest BCUT2D eigenvalue weighted by atomic mass is 79.9. The van der Waals surface area contributed by atoms with Gasteiger partial charge in [0.15, 0.2) is 0 Å². The Morgan fingerprint density at radius 1 is 1.14 bits per heavy atom. The van der Waals surface area contributed by atoms with Gasteiger partial charge >= 0.3 is 6.09 Å². The molecule has 150 valence electrons. The molecule has 1 spiro atoms. The lowest BCUT2D eigenvalue weighted by molar-refractivity contribution is 0.0201. The van der Waals surface area contributed by atoms with Crippen molar-refractivity contribution in [3.8, 4) is 5.75 Å². The number of amides is 1. The van der Waals surface area contributed by atoms with Gasteiger partial charge < -0.3 is 9.47 Å². The summed E-state index contributed by atoms with van der Waals surface area (Å²) < 4.78 is 12.5. The van der Waals surface area contributed by atoms with Gasteiger partial charge in [-0.15, -0.1) is 0 Å². The number of rotatable bonds is 3. The lowest BCUT2D eigenvalue weighted by Crippen LogP contribution is -2.54. The van der Waals surface area contributed by atoms with Gasteiger partial charge in [-0.3, -0.25) is 4.90 Å². The van der Waals surface area contributed by atoms with E-state index in [0.717, 1.165) is 40.1 Å². The Morgan fingerprint density at radius 2 is 1.97 bits per heavy atom. The van der Waals surface area contributed by atoms with Crippen LogP contribution >= 0.6 is 15.9 Å². The number of likely N-dealkylation sites (tertiary alicyclic amines) is 1. The lowest BCUT2D eigenvalue weighted by Gasteiger charge is -2.49. The second-order valence-electron chi connectivity index (χ2n) is 8.27. The quantitative estimate of drug-likeness (QED) is 0.570. The van der Waals surface area contributed by atoms with Crippen LogP contribution in [0.25, 0.3) is 0 Å². The zero-order valence-corrected chi connectivity index (χ0v) is 17.8. The SMILES string of the molecule is O=C(OCc1ccccc1)N1CCC(C2CC2)C[C@]12C=COc1cc(Br)ccc12. The molecule has 3 aliphatic rings. The molecule has 2 aromatic rings. The van der Waals surface area contributed by atoms with Gasteiger partial charge in [-0.05, 0) is 61.3 Å². The van der Waals surface area contributed by atoms with Gasteiger partial charge in [0.2, 0.25) is 0 Å². The fraction of sp³-hybridized carbons (Fsp3) is 0.375. The predicted octanol–water partition coefficient (Wildman–Crippen LogP) is 6.01. The molecular formula is C24H24BrNO3. The first-order chi connectivity index (χ1) is 14.2. The maximum absolute atomic E-state index is 13.2. The lowest BCUT2D eigenvalue weighted by atomic mass is 9.73. The summed E-state index contributed by atoms with van der Waals surface area (Å²) in [7, 11) is 0. The van der Waals surface area contributed by atoms with Crippen LogP contribution in [0.15, 0.2) is 65.3 Å².